The zero-order chi connectivity index (χ0) is 22.3. The SMILES string of the molecule is COCCOc1ccc(CNC(=O)c2sccc2S(=O)(=O)Nc2ccc(C)cc2)cc1. The van der Waals surface area contributed by atoms with Crippen LogP contribution in [0.25, 0.3) is 0 Å². The van der Waals surface area contributed by atoms with Gasteiger partial charge >= 0.3 is 0 Å². The molecule has 0 aliphatic heterocycles. The molecule has 0 atom stereocenters. The summed E-state index contributed by atoms with van der Waals surface area (Å²) < 4.78 is 38.5. The van der Waals surface area contributed by atoms with Crippen molar-refractivity contribution in [3.05, 3.63) is 76.0 Å². The van der Waals surface area contributed by atoms with E-state index in [-0.39, 0.29) is 16.3 Å². The van der Waals surface area contributed by atoms with E-state index in [1.807, 2.05) is 43.3 Å². The van der Waals surface area contributed by atoms with Gasteiger partial charge in [-0.05, 0) is 48.2 Å². The maximum atomic E-state index is 12.8. The van der Waals surface area contributed by atoms with Crippen molar-refractivity contribution < 1.29 is 22.7 Å². The van der Waals surface area contributed by atoms with Crippen LogP contribution < -0.4 is 14.8 Å². The molecule has 0 radical (unpaired) electrons. The first kappa shape index (κ1) is 22.8. The monoisotopic (exact) mass is 460 g/mol. The Kier molecular flexibility index (Phi) is 7.67. The summed E-state index contributed by atoms with van der Waals surface area (Å²) in [6, 6.07) is 15.7. The first-order valence-corrected chi connectivity index (χ1v) is 11.9. The van der Waals surface area contributed by atoms with Gasteiger partial charge < -0.3 is 14.8 Å². The first-order valence-electron chi connectivity index (χ1n) is 9.55. The second-order valence-electron chi connectivity index (χ2n) is 6.75. The average molecular weight is 461 g/mol. The largest absolute Gasteiger partial charge is 0.491 e. The lowest BCUT2D eigenvalue weighted by Gasteiger charge is -2.10. The van der Waals surface area contributed by atoms with Crippen LogP contribution in [-0.4, -0.2) is 34.6 Å². The third-order valence-corrected chi connectivity index (χ3v) is 6.83. The Morgan fingerprint density at radius 2 is 1.71 bits per heavy atom. The van der Waals surface area contributed by atoms with E-state index < -0.39 is 15.9 Å². The summed E-state index contributed by atoms with van der Waals surface area (Å²) in [6.07, 6.45) is 0. The summed E-state index contributed by atoms with van der Waals surface area (Å²) in [5, 5.41) is 4.36. The number of hydrogen-bond acceptors (Lipinski definition) is 6. The van der Waals surface area contributed by atoms with Gasteiger partial charge in [-0.2, -0.15) is 0 Å². The third kappa shape index (κ3) is 6.30. The van der Waals surface area contributed by atoms with Crippen molar-refractivity contribution in [1.29, 1.82) is 0 Å². The van der Waals surface area contributed by atoms with Gasteiger partial charge in [0.25, 0.3) is 15.9 Å². The number of methoxy groups -OCH3 is 1. The minimum Gasteiger partial charge on any atom is -0.491 e. The molecule has 2 aromatic carbocycles. The maximum absolute atomic E-state index is 12.8. The van der Waals surface area contributed by atoms with Crippen molar-refractivity contribution in [3.8, 4) is 5.75 Å². The molecule has 3 aromatic rings. The Balaban J connectivity index is 1.63. The molecular formula is C22H24N2O5S2. The number of aryl methyl sites for hydroxylation is 1. The van der Waals surface area contributed by atoms with Crippen LogP contribution in [0.2, 0.25) is 0 Å². The van der Waals surface area contributed by atoms with Crippen LogP contribution in [0.4, 0.5) is 5.69 Å². The van der Waals surface area contributed by atoms with Gasteiger partial charge in [0.2, 0.25) is 0 Å². The highest BCUT2D eigenvalue weighted by Gasteiger charge is 2.24. The number of anilines is 1. The number of sulfonamides is 1. The van der Waals surface area contributed by atoms with E-state index in [0.717, 1.165) is 22.5 Å². The van der Waals surface area contributed by atoms with Gasteiger partial charge in [-0.1, -0.05) is 29.8 Å². The van der Waals surface area contributed by atoms with Gasteiger partial charge in [0.1, 0.15) is 22.1 Å². The van der Waals surface area contributed by atoms with Crippen LogP contribution >= 0.6 is 11.3 Å². The van der Waals surface area contributed by atoms with Crippen molar-refractivity contribution in [1.82, 2.24) is 5.32 Å². The van der Waals surface area contributed by atoms with Gasteiger partial charge in [-0.25, -0.2) is 8.42 Å². The molecule has 0 aliphatic carbocycles. The third-order valence-electron chi connectivity index (χ3n) is 4.36. The lowest BCUT2D eigenvalue weighted by molar-refractivity contribution is 0.0952. The minimum atomic E-state index is -3.89. The molecule has 2 N–H and O–H groups in total. The summed E-state index contributed by atoms with van der Waals surface area (Å²) in [5.41, 5.74) is 2.33. The molecule has 31 heavy (non-hydrogen) atoms. The molecule has 1 heterocycles. The van der Waals surface area contributed by atoms with Gasteiger partial charge in [-0.15, -0.1) is 11.3 Å². The fraction of sp³-hybridized carbons (Fsp3) is 0.227. The molecule has 0 bridgehead atoms. The molecule has 3 rings (SSSR count). The fourth-order valence-electron chi connectivity index (χ4n) is 2.72. The zero-order valence-electron chi connectivity index (χ0n) is 17.3. The highest BCUT2D eigenvalue weighted by molar-refractivity contribution is 7.93. The van der Waals surface area contributed by atoms with E-state index in [2.05, 4.69) is 10.0 Å². The van der Waals surface area contributed by atoms with Crippen LogP contribution in [0.3, 0.4) is 0 Å². The van der Waals surface area contributed by atoms with Crippen LogP contribution in [0, 0.1) is 6.92 Å². The Morgan fingerprint density at radius 3 is 2.39 bits per heavy atom. The summed E-state index contributed by atoms with van der Waals surface area (Å²) in [4.78, 5) is 12.7. The summed E-state index contributed by atoms with van der Waals surface area (Å²) >= 11 is 1.08. The molecule has 0 fully saturated rings. The molecule has 0 aliphatic rings. The first-order chi connectivity index (χ1) is 14.9. The van der Waals surface area contributed by atoms with Gasteiger partial charge in [-0.3, -0.25) is 9.52 Å². The standard InChI is InChI=1S/C22H24N2O5S2/c1-16-3-7-18(8-4-16)24-31(26,27)20-11-14-30-21(20)22(25)23-15-17-5-9-19(10-6-17)29-13-12-28-2/h3-11,14,24H,12-13,15H2,1-2H3,(H,23,25). The fourth-order valence-corrected chi connectivity index (χ4v) is 5.12. The smallest absolute Gasteiger partial charge is 0.263 e. The number of carbonyl (C=O) groups is 1. The van der Waals surface area contributed by atoms with E-state index in [9.17, 15) is 13.2 Å². The van der Waals surface area contributed by atoms with E-state index in [1.54, 1.807) is 24.6 Å². The molecular weight excluding hydrogens is 436 g/mol. The number of benzene rings is 2. The van der Waals surface area contributed by atoms with Crippen molar-refractivity contribution in [2.24, 2.45) is 0 Å². The maximum Gasteiger partial charge on any atom is 0.263 e. The lowest BCUT2D eigenvalue weighted by atomic mass is 10.2. The molecule has 7 nitrogen and oxygen atoms in total. The zero-order valence-corrected chi connectivity index (χ0v) is 18.9. The molecule has 0 saturated carbocycles. The Bertz CT molecular complexity index is 1110. The lowest BCUT2D eigenvalue weighted by Crippen LogP contribution is -2.24. The molecule has 1 amide bonds. The molecule has 164 valence electrons. The number of carbonyl (C=O) groups excluding carboxylic acids is 1. The van der Waals surface area contributed by atoms with E-state index in [1.165, 1.54) is 6.07 Å². The minimum absolute atomic E-state index is 0.0440. The number of amides is 1. The molecule has 1 aromatic heterocycles. The Labute approximate surface area is 186 Å². The highest BCUT2D eigenvalue weighted by Crippen LogP contribution is 2.25. The predicted octanol–water partition coefficient (Wildman–Crippen LogP) is 3.81. The van der Waals surface area contributed by atoms with Gasteiger partial charge in [0.15, 0.2) is 0 Å². The van der Waals surface area contributed by atoms with Crippen molar-refractivity contribution in [2.75, 3.05) is 25.0 Å². The summed E-state index contributed by atoms with van der Waals surface area (Å²) in [6.45, 7) is 3.14. The van der Waals surface area contributed by atoms with Crippen molar-refractivity contribution in [3.63, 3.8) is 0 Å². The summed E-state index contributed by atoms with van der Waals surface area (Å²) in [7, 11) is -2.28. The van der Waals surface area contributed by atoms with Gasteiger partial charge in [0, 0.05) is 19.3 Å². The van der Waals surface area contributed by atoms with E-state index in [0.29, 0.717) is 24.7 Å². The van der Waals surface area contributed by atoms with Crippen LogP contribution in [0.5, 0.6) is 5.75 Å². The summed E-state index contributed by atoms with van der Waals surface area (Å²) in [5.74, 6) is 0.264. The van der Waals surface area contributed by atoms with E-state index in [4.69, 9.17) is 9.47 Å². The number of thiophene rings is 1. The van der Waals surface area contributed by atoms with Crippen molar-refractivity contribution >= 4 is 33.0 Å². The van der Waals surface area contributed by atoms with E-state index >= 15 is 0 Å². The second-order valence-corrected chi connectivity index (χ2v) is 9.32. The topological polar surface area (TPSA) is 93.7 Å². The Hall–Kier alpha value is -2.88. The van der Waals surface area contributed by atoms with Crippen LogP contribution in [-0.2, 0) is 21.3 Å². The van der Waals surface area contributed by atoms with Gasteiger partial charge in [0.05, 0.1) is 6.61 Å². The van der Waals surface area contributed by atoms with Crippen molar-refractivity contribution in [2.45, 2.75) is 18.4 Å². The normalized spacial score (nSPS) is 11.2. The predicted molar refractivity (Wildman–Crippen MR) is 121 cm³/mol. The van der Waals surface area contributed by atoms with Crippen LogP contribution in [0.1, 0.15) is 20.8 Å². The van der Waals surface area contributed by atoms with Crippen LogP contribution in [0.15, 0.2) is 64.9 Å². The average Bonchev–Trinajstić information content (AvgIpc) is 3.26. The highest BCUT2D eigenvalue weighted by atomic mass is 32.2. The molecule has 0 saturated heterocycles. The number of rotatable bonds is 10. The Morgan fingerprint density at radius 1 is 1.00 bits per heavy atom. The second kappa shape index (κ2) is 10.4. The molecule has 0 unspecified atom stereocenters. The number of hydrogen-bond donors (Lipinski definition) is 2. The molecule has 0 spiro atoms. The number of ether oxygens (including phenoxy) is 2. The molecule has 9 heteroatoms. The quantitative estimate of drug-likeness (QED) is 0.449. The number of nitrogens with one attached hydrogen (secondary N) is 2.